The van der Waals surface area contributed by atoms with Gasteiger partial charge in [-0.2, -0.15) is 4.98 Å². The number of H-pyrrole nitrogens is 1. The number of aromatic amines is 1. The normalized spacial score (nSPS) is 11.5. The number of aromatic nitrogens is 4. The van der Waals surface area contributed by atoms with Crippen molar-refractivity contribution in [1.29, 1.82) is 0 Å². The second-order valence-electron chi connectivity index (χ2n) is 5.42. The summed E-state index contributed by atoms with van der Waals surface area (Å²) in [6.45, 7) is 4.25. The monoisotopic (exact) mass is 318 g/mol. The fourth-order valence-electron chi connectivity index (χ4n) is 2.07. The average molecular weight is 318 g/mol. The van der Waals surface area contributed by atoms with Crippen molar-refractivity contribution in [2.45, 2.75) is 31.2 Å². The molecule has 22 heavy (non-hydrogen) atoms. The van der Waals surface area contributed by atoms with Crippen LogP contribution in [0.3, 0.4) is 0 Å². The predicted molar refractivity (Wildman–Crippen MR) is 85.0 cm³/mol. The Hall–Kier alpha value is -2.02. The molecule has 0 spiro atoms. The summed E-state index contributed by atoms with van der Waals surface area (Å²) in [5, 5.41) is 4.83. The Morgan fingerprint density at radius 2 is 2.18 bits per heavy atom. The first kappa shape index (κ1) is 14.9. The number of imidazole rings is 1. The zero-order valence-corrected chi connectivity index (χ0v) is 13.6. The van der Waals surface area contributed by atoms with Crippen LogP contribution >= 0.6 is 11.8 Å². The highest BCUT2D eigenvalue weighted by Crippen LogP contribution is 2.24. The number of benzene rings is 1. The number of hydrogen-bond acceptors (Lipinski definition) is 6. The highest BCUT2D eigenvalue weighted by molar-refractivity contribution is 7.98. The zero-order valence-electron chi connectivity index (χ0n) is 12.8. The number of rotatable bonds is 6. The van der Waals surface area contributed by atoms with Gasteiger partial charge in [0.25, 0.3) is 0 Å². The summed E-state index contributed by atoms with van der Waals surface area (Å²) in [5.41, 5.74) is 1.87. The van der Waals surface area contributed by atoms with Gasteiger partial charge in [0.15, 0.2) is 11.0 Å². The molecule has 0 aliphatic heterocycles. The van der Waals surface area contributed by atoms with E-state index in [0.717, 1.165) is 28.4 Å². The Kier molecular flexibility index (Phi) is 4.33. The molecule has 116 valence electrons. The first-order valence-corrected chi connectivity index (χ1v) is 8.10. The number of hydrogen-bond donors (Lipinski definition) is 1. The standard InChI is InChI=1S/C15H18N4O2S/c1-9(2)6-14-18-13(19-21-14)8-22-15-16-11-5-4-10(20-3)7-12(11)17-15/h4-5,7,9H,6,8H2,1-3H3,(H,16,17). The summed E-state index contributed by atoms with van der Waals surface area (Å²) in [6, 6.07) is 5.76. The van der Waals surface area contributed by atoms with Gasteiger partial charge in [0.1, 0.15) is 5.75 Å². The third-order valence-corrected chi connectivity index (χ3v) is 3.97. The smallest absolute Gasteiger partial charge is 0.226 e. The number of thioether (sulfide) groups is 1. The van der Waals surface area contributed by atoms with Crippen LogP contribution in [-0.2, 0) is 12.2 Å². The van der Waals surface area contributed by atoms with Crippen molar-refractivity contribution < 1.29 is 9.26 Å². The molecule has 0 saturated heterocycles. The number of nitrogens with one attached hydrogen (secondary N) is 1. The van der Waals surface area contributed by atoms with Crippen LogP contribution in [0.4, 0.5) is 0 Å². The summed E-state index contributed by atoms with van der Waals surface area (Å²) < 4.78 is 10.4. The van der Waals surface area contributed by atoms with Crippen LogP contribution in [-0.4, -0.2) is 27.2 Å². The van der Waals surface area contributed by atoms with Crippen LogP contribution in [0, 0.1) is 5.92 Å². The third kappa shape index (κ3) is 3.41. The van der Waals surface area contributed by atoms with Crippen LogP contribution < -0.4 is 4.74 Å². The summed E-state index contributed by atoms with van der Waals surface area (Å²) in [7, 11) is 1.65. The lowest BCUT2D eigenvalue weighted by Gasteiger charge is -1.96. The molecule has 2 aromatic heterocycles. The van der Waals surface area contributed by atoms with Crippen molar-refractivity contribution in [3.8, 4) is 5.75 Å². The van der Waals surface area contributed by atoms with Gasteiger partial charge in [0, 0.05) is 12.5 Å². The second-order valence-corrected chi connectivity index (χ2v) is 6.38. The van der Waals surface area contributed by atoms with Gasteiger partial charge in [-0.15, -0.1) is 0 Å². The van der Waals surface area contributed by atoms with E-state index in [1.165, 1.54) is 0 Å². The van der Waals surface area contributed by atoms with Crippen molar-refractivity contribution in [3.63, 3.8) is 0 Å². The first-order chi connectivity index (χ1) is 10.6. The zero-order chi connectivity index (χ0) is 15.5. The molecule has 0 saturated carbocycles. The van der Waals surface area contributed by atoms with E-state index in [0.29, 0.717) is 23.4 Å². The summed E-state index contributed by atoms with van der Waals surface area (Å²) in [4.78, 5) is 12.2. The minimum absolute atomic E-state index is 0.506. The van der Waals surface area contributed by atoms with Crippen LogP contribution in [0.15, 0.2) is 27.9 Å². The van der Waals surface area contributed by atoms with Crippen molar-refractivity contribution in [1.82, 2.24) is 20.1 Å². The number of fused-ring (bicyclic) bond motifs is 1. The highest BCUT2D eigenvalue weighted by Gasteiger charge is 2.10. The fourth-order valence-corrected chi connectivity index (χ4v) is 2.80. The Balaban J connectivity index is 1.67. The van der Waals surface area contributed by atoms with Crippen LogP contribution in [0.5, 0.6) is 5.75 Å². The van der Waals surface area contributed by atoms with Crippen LogP contribution in [0.25, 0.3) is 11.0 Å². The maximum atomic E-state index is 5.23. The number of methoxy groups -OCH3 is 1. The van der Waals surface area contributed by atoms with E-state index in [9.17, 15) is 0 Å². The quantitative estimate of drug-likeness (QED) is 0.702. The van der Waals surface area contributed by atoms with Crippen molar-refractivity contribution in [2.75, 3.05) is 7.11 Å². The van der Waals surface area contributed by atoms with Crippen molar-refractivity contribution in [3.05, 3.63) is 29.9 Å². The summed E-state index contributed by atoms with van der Waals surface area (Å²) >= 11 is 1.55. The summed E-state index contributed by atoms with van der Waals surface area (Å²) in [6.07, 6.45) is 0.808. The fraction of sp³-hybridized carbons (Fsp3) is 0.400. The van der Waals surface area contributed by atoms with Gasteiger partial charge < -0.3 is 14.2 Å². The van der Waals surface area contributed by atoms with E-state index in [-0.39, 0.29) is 0 Å². The molecular formula is C15H18N4O2S. The molecule has 0 aliphatic rings. The van der Waals surface area contributed by atoms with E-state index >= 15 is 0 Å². The molecule has 3 rings (SSSR count). The van der Waals surface area contributed by atoms with Gasteiger partial charge in [-0.25, -0.2) is 4.98 Å². The molecule has 1 N–H and O–H groups in total. The van der Waals surface area contributed by atoms with Crippen LogP contribution in [0.2, 0.25) is 0 Å². The van der Waals surface area contributed by atoms with Gasteiger partial charge in [-0.05, 0) is 18.1 Å². The van der Waals surface area contributed by atoms with Gasteiger partial charge >= 0.3 is 0 Å². The van der Waals surface area contributed by atoms with Gasteiger partial charge in [-0.3, -0.25) is 0 Å². The van der Waals surface area contributed by atoms with Gasteiger partial charge in [0.2, 0.25) is 5.89 Å². The molecule has 0 radical (unpaired) electrons. The Morgan fingerprint density at radius 3 is 2.95 bits per heavy atom. The SMILES string of the molecule is COc1ccc2nc(SCc3noc(CC(C)C)n3)[nH]c2c1. The lowest BCUT2D eigenvalue weighted by atomic mass is 10.1. The van der Waals surface area contributed by atoms with E-state index in [4.69, 9.17) is 9.26 Å². The second kappa shape index (κ2) is 6.39. The molecule has 3 aromatic rings. The first-order valence-electron chi connectivity index (χ1n) is 7.12. The van der Waals surface area contributed by atoms with Crippen LogP contribution in [0.1, 0.15) is 25.6 Å². The lowest BCUT2D eigenvalue weighted by molar-refractivity contribution is 0.360. The molecule has 0 bridgehead atoms. The van der Waals surface area contributed by atoms with Crippen molar-refractivity contribution >= 4 is 22.8 Å². The number of nitrogens with zero attached hydrogens (tertiary/aromatic N) is 3. The molecule has 1 aromatic carbocycles. The molecule has 6 nitrogen and oxygen atoms in total. The predicted octanol–water partition coefficient (Wildman–Crippen LogP) is 3.45. The van der Waals surface area contributed by atoms with E-state index in [2.05, 4.69) is 34.0 Å². The molecule has 0 unspecified atom stereocenters. The van der Waals surface area contributed by atoms with Gasteiger partial charge in [-0.1, -0.05) is 30.8 Å². The maximum absolute atomic E-state index is 5.23. The third-order valence-electron chi connectivity index (χ3n) is 3.10. The largest absolute Gasteiger partial charge is 0.497 e. The molecule has 0 fully saturated rings. The molecule has 0 aliphatic carbocycles. The Morgan fingerprint density at radius 1 is 1.32 bits per heavy atom. The van der Waals surface area contributed by atoms with E-state index in [1.54, 1.807) is 18.9 Å². The topological polar surface area (TPSA) is 76.8 Å². The summed E-state index contributed by atoms with van der Waals surface area (Å²) in [5.74, 6) is 3.33. The van der Waals surface area contributed by atoms with E-state index < -0.39 is 0 Å². The van der Waals surface area contributed by atoms with E-state index in [1.807, 2.05) is 18.2 Å². The average Bonchev–Trinajstić information content (AvgIpc) is 3.09. The Labute approximate surface area is 132 Å². The minimum Gasteiger partial charge on any atom is -0.497 e. The molecule has 2 heterocycles. The molecule has 7 heteroatoms. The van der Waals surface area contributed by atoms with Gasteiger partial charge in [0.05, 0.1) is 23.9 Å². The Bertz CT molecular complexity index is 766. The molecule has 0 amide bonds. The highest BCUT2D eigenvalue weighted by atomic mass is 32.2. The van der Waals surface area contributed by atoms with Crippen molar-refractivity contribution in [2.24, 2.45) is 5.92 Å². The molecule has 0 atom stereocenters. The minimum atomic E-state index is 0.506. The molecular weight excluding hydrogens is 300 g/mol. The maximum Gasteiger partial charge on any atom is 0.226 e. The lowest BCUT2D eigenvalue weighted by Crippen LogP contribution is -1.94. The number of ether oxygens (including phenoxy) is 1.